The van der Waals surface area contributed by atoms with Gasteiger partial charge in [0.2, 0.25) is 0 Å². The van der Waals surface area contributed by atoms with Gasteiger partial charge in [0.05, 0.1) is 14.2 Å². The molecule has 5 aromatic rings. The zero-order chi connectivity index (χ0) is 26.8. The van der Waals surface area contributed by atoms with E-state index in [2.05, 4.69) is 71.4 Å². The van der Waals surface area contributed by atoms with Crippen LogP contribution in [0.4, 0.5) is 5.82 Å². The summed E-state index contributed by atoms with van der Waals surface area (Å²) in [5.41, 5.74) is 3.24. The lowest BCUT2D eigenvalue weighted by atomic mass is 10.0. The van der Waals surface area contributed by atoms with E-state index in [1.807, 2.05) is 30.3 Å². The molecule has 0 radical (unpaired) electrons. The standard InChI is InChI=1S/C33H34N4O2.2ClH/c1-36(27-16-18-37(19-17-27)22-23-8-9-24-6-4-5-7-26(24)20-23)33-31-21-29(39-3)14-15-30(31)32(34-35-33)25-10-12-28(38-2)13-11-25;;/h4-15,20-21,27H,16-19,22H2,1-3H3;2*1H. The van der Waals surface area contributed by atoms with E-state index in [4.69, 9.17) is 19.7 Å². The molecule has 0 spiro atoms. The highest BCUT2D eigenvalue weighted by molar-refractivity contribution is 6.01. The maximum atomic E-state index is 5.59. The number of fused-ring (bicyclic) bond motifs is 2. The molecule has 0 amide bonds. The first-order chi connectivity index (χ1) is 19.1. The highest BCUT2D eigenvalue weighted by atomic mass is 35.5. The number of methoxy groups -OCH3 is 2. The second kappa shape index (κ2) is 13.4. The summed E-state index contributed by atoms with van der Waals surface area (Å²) < 4.78 is 10.9. The van der Waals surface area contributed by atoms with Crippen LogP contribution in [-0.4, -0.2) is 55.5 Å². The molecule has 1 fully saturated rings. The lowest BCUT2D eigenvalue weighted by Gasteiger charge is -2.37. The molecule has 41 heavy (non-hydrogen) atoms. The lowest BCUT2D eigenvalue weighted by Crippen LogP contribution is -2.43. The third-order valence-electron chi connectivity index (χ3n) is 7.99. The molecule has 214 valence electrons. The van der Waals surface area contributed by atoms with Gasteiger partial charge >= 0.3 is 0 Å². The van der Waals surface area contributed by atoms with Gasteiger partial charge in [0.25, 0.3) is 0 Å². The minimum absolute atomic E-state index is 0. The van der Waals surface area contributed by atoms with Crippen molar-refractivity contribution in [2.45, 2.75) is 25.4 Å². The minimum Gasteiger partial charge on any atom is -0.497 e. The molecule has 1 aliphatic heterocycles. The summed E-state index contributed by atoms with van der Waals surface area (Å²) in [5, 5.41) is 14.2. The smallest absolute Gasteiger partial charge is 0.159 e. The van der Waals surface area contributed by atoms with E-state index in [0.717, 1.165) is 71.8 Å². The summed E-state index contributed by atoms with van der Waals surface area (Å²) >= 11 is 0. The molecular weight excluding hydrogens is 555 g/mol. The summed E-state index contributed by atoms with van der Waals surface area (Å²) in [5.74, 6) is 2.53. The van der Waals surface area contributed by atoms with Crippen molar-refractivity contribution >= 4 is 52.2 Å². The molecule has 6 nitrogen and oxygen atoms in total. The maximum absolute atomic E-state index is 5.59. The second-order valence-electron chi connectivity index (χ2n) is 10.3. The number of hydrogen-bond acceptors (Lipinski definition) is 6. The van der Waals surface area contributed by atoms with Crippen LogP contribution in [0.3, 0.4) is 0 Å². The first-order valence-corrected chi connectivity index (χ1v) is 13.5. The molecule has 2 heterocycles. The number of benzene rings is 4. The highest BCUT2D eigenvalue weighted by Crippen LogP contribution is 2.35. The zero-order valence-corrected chi connectivity index (χ0v) is 25.3. The summed E-state index contributed by atoms with van der Waals surface area (Å²) in [6.07, 6.45) is 2.16. The molecule has 1 aromatic heterocycles. The fourth-order valence-corrected chi connectivity index (χ4v) is 5.70. The Balaban J connectivity index is 0.00000194. The molecule has 0 aliphatic carbocycles. The van der Waals surface area contributed by atoms with E-state index < -0.39 is 0 Å². The van der Waals surface area contributed by atoms with Gasteiger partial charge in [0.15, 0.2) is 5.82 Å². The fourth-order valence-electron chi connectivity index (χ4n) is 5.70. The first kappa shape index (κ1) is 30.4. The normalized spacial score (nSPS) is 13.8. The predicted octanol–water partition coefficient (Wildman–Crippen LogP) is 7.41. The van der Waals surface area contributed by atoms with Crippen LogP contribution in [0.2, 0.25) is 0 Å². The quantitative estimate of drug-likeness (QED) is 0.197. The van der Waals surface area contributed by atoms with Crippen molar-refractivity contribution in [1.29, 1.82) is 0 Å². The van der Waals surface area contributed by atoms with E-state index in [-0.39, 0.29) is 24.8 Å². The van der Waals surface area contributed by atoms with Crippen molar-refractivity contribution in [2.24, 2.45) is 0 Å². The molecule has 0 atom stereocenters. The summed E-state index contributed by atoms with van der Waals surface area (Å²) in [4.78, 5) is 4.88. The number of piperidine rings is 1. The molecule has 0 saturated carbocycles. The summed E-state index contributed by atoms with van der Waals surface area (Å²) in [6, 6.07) is 29.9. The third kappa shape index (κ3) is 6.35. The molecule has 6 rings (SSSR count). The molecule has 0 bridgehead atoms. The van der Waals surface area contributed by atoms with Crippen LogP contribution in [0.5, 0.6) is 11.5 Å². The Hall–Kier alpha value is -3.58. The van der Waals surface area contributed by atoms with Gasteiger partial charge in [0.1, 0.15) is 17.2 Å². The molecule has 1 aliphatic rings. The lowest BCUT2D eigenvalue weighted by molar-refractivity contribution is 0.203. The SMILES string of the molecule is COc1ccc(-c2nnc(N(C)C3CCN(Cc4ccc5ccccc5c4)CC3)c3cc(OC)ccc23)cc1.Cl.Cl. The van der Waals surface area contributed by atoms with E-state index in [1.165, 1.54) is 16.3 Å². The van der Waals surface area contributed by atoms with Gasteiger partial charge in [-0.15, -0.1) is 35.0 Å². The van der Waals surface area contributed by atoms with Gasteiger partial charge in [-0.2, -0.15) is 0 Å². The monoisotopic (exact) mass is 590 g/mol. The average molecular weight is 592 g/mol. The Kier molecular flexibility index (Phi) is 9.92. The van der Waals surface area contributed by atoms with E-state index in [9.17, 15) is 0 Å². The maximum Gasteiger partial charge on any atom is 0.159 e. The summed E-state index contributed by atoms with van der Waals surface area (Å²) in [7, 11) is 5.53. The Labute approximate surface area is 254 Å². The molecular formula is C33H36Cl2N4O2. The van der Waals surface area contributed by atoms with Crippen LogP contribution < -0.4 is 14.4 Å². The molecule has 0 unspecified atom stereocenters. The molecule has 8 heteroatoms. The van der Waals surface area contributed by atoms with Gasteiger partial charge in [-0.25, -0.2) is 0 Å². The number of aromatic nitrogens is 2. The molecule has 4 aromatic carbocycles. The van der Waals surface area contributed by atoms with Crippen molar-refractivity contribution in [2.75, 3.05) is 39.3 Å². The Morgan fingerprint density at radius 3 is 2.15 bits per heavy atom. The summed E-state index contributed by atoms with van der Waals surface area (Å²) in [6.45, 7) is 3.10. The third-order valence-corrected chi connectivity index (χ3v) is 7.99. The van der Waals surface area contributed by atoms with Crippen molar-refractivity contribution in [3.05, 3.63) is 90.5 Å². The minimum atomic E-state index is 0. The van der Waals surface area contributed by atoms with Crippen LogP contribution >= 0.6 is 24.8 Å². The van der Waals surface area contributed by atoms with Crippen molar-refractivity contribution in [3.8, 4) is 22.8 Å². The predicted molar refractivity (Wildman–Crippen MR) is 173 cm³/mol. The van der Waals surface area contributed by atoms with Gasteiger partial charge < -0.3 is 14.4 Å². The van der Waals surface area contributed by atoms with Crippen LogP contribution in [0.25, 0.3) is 32.8 Å². The van der Waals surface area contributed by atoms with Crippen LogP contribution in [0.15, 0.2) is 84.9 Å². The second-order valence-corrected chi connectivity index (χ2v) is 10.3. The molecule has 1 saturated heterocycles. The number of ether oxygens (including phenoxy) is 2. The largest absolute Gasteiger partial charge is 0.497 e. The number of nitrogens with zero attached hydrogens (tertiary/aromatic N) is 4. The Morgan fingerprint density at radius 2 is 1.44 bits per heavy atom. The highest BCUT2D eigenvalue weighted by Gasteiger charge is 2.25. The number of anilines is 1. The number of hydrogen-bond donors (Lipinski definition) is 0. The number of rotatable bonds is 7. The van der Waals surface area contributed by atoms with E-state index in [0.29, 0.717) is 6.04 Å². The van der Waals surface area contributed by atoms with E-state index >= 15 is 0 Å². The van der Waals surface area contributed by atoms with Crippen molar-refractivity contribution in [1.82, 2.24) is 15.1 Å². The zero-order valence-electron chi connectivity index (χ0n) is 23.6. The van der Waals surface area contributed by atoms with Crippen molar-refractivity contribution in [3.63, 3.8) is 0 Å². The van der Waals surface area contributed by atoms with Crippen LogP contribution in [-0.2, 0) is 6.54 Å². The van der Waals surface area contributed by atoms with Crippen LogP contribution in [0, 0.1) is 0 Å². The Morgan fingerprint density at radius 1 is 0.756 bits per heavy atom. The Bertz CT molecular complexity index is 1610. The van der Waals surface area contributed by atoms with E-state index in [1.54, 1.807) is 14.2 Å². The van der Waals surface area contributed by atoms with Gasteiger partial charge in [0, 0.05) is 49.1 Å². The van der Waals surface area contributed by atoms with Crippen LogP contribution in [0.1, 0.15) is 18.4 Å². The topological polar surface area (TPSA) is 50.7 Å². The van der Waals surface area contributed by atoms with Gasteiger partial charge in [-0.3, -0.25) is 4.90 Å². The average Bonchev–Trinajstić information content (AvgIpc) is 3.00. The van der Waals surface area contributed by atoms with Crippen molar-refractivity contribution < 1.29 is 9.47 Å². The number of halogens is 2. The number of likely N-dealkylation sites (tertiary alicyclic amines) is 1. The first-order valence-electron chi connectivity index (χ1n) is 13.5. The van der Waals surface area contributed by atoms with Gasteiger partial charge in [-0.05, 0) is 77.7 Å². The van der Waals surface area contributed by atoms with Gasteiger partial charge in [-0.1, -0.05) is 36.4 Å². The fraction of sp³-hybridized carbons (Fsp3) is 0.273. The molecule has 0 N–H and O–H groups in total.